The average Bonchev–Trinajstić information content (AvgIpc) is 1.93. The average molecular weight is 147 g/mol. The van der Waals surface area contributed by atoms with Gasteiger partial charge in [0.25, 0.3) is 0 Å². The summed E-state index contributed by atoms with van der Waals surface area (Å²) in [5.41, 5.74) is 8.89. The highest BCUT2D eigenvalue weighted by atomic mass is 14.6. The van der Waals surface area contributed by atoms with Crippen LogP contribution < -0.4 is 5.73 Å². The largest absolute Gasteiger partial charge is 0.398 e. The van der Waals surface area contributed by atoms with Gasteiger partial charge in [-0.15, -0.1) is 0 Å². The fourth-order valence-corrected chi connectivity index (χ4v) is 1.02. The summed E-state index contributed by atoms with van der Waals surface area (Å²) in [5.74, 6) is 0. The van der Waals surface area contributed by atoms with Crippen molar-refractivity contribution in [2.45, 2.75) is 13.3 Å². The zero-order chi connectivity index (χ0) is 8.27. The third-order valence-electron chi connectivity index (χ3n) is 1.55. The standard InChI is InChI=1S/C10H13N/c1-8(2)7-9-5-3-4-6-10(9)11/h3-6H,1,7,11H2,2H3. The second-order valence-electron chi connectivity index (χ2n) is 2.83. The maximum atomic E-state index is 5.73. The van der Waals surface area contributed by atoms with Crippen LogP contribution in [-0.2, 0) is 6.42 Å². The molecular formula is C10H13N. The molecular weight excluding hydrogens is 134 g/mol. The minimum absolute atomic E-state index is 0.857. The molecule has 0 atom stereocenters. The van der Waals surface area contributed by atoms with E-state index in [1.54, 1.807) is 0 Å². The number of para-hydroxylation sites is 1. The molecule has 0 aromatic heterocycles. The Hall–Kier alpha value is -1.24. The minimum Gasteiger partial charge on any atom is -0.398 e. The lowest BCUT2D eigenvalue weighted by atomic mass is 10.1. The molecule has 0 amide bonds. The van der Waals surface area contributed by atoms with E-state index in [1.165, 1.54) is 5.56 Å². The van der Waals surface area contributed by atoms with Gasteiger partial charge >= 0.3 is 0 Å². The van der Waals surface area contributed by atoms with Gasteiger partial charge in [0, 0.05) is 5.69 Å². The van der Waals surface area contributed by atoms with Crippen molar-refractivity contribution >= 4 is 5.69 Å². The van der Waals surface area contributed by atoms with Crippen molar-refractivity contribution in [2.24, 2.45) is 0 Å². The molecule has 0 fully saturated rings. The van der Waals surface area contributed by atoms with Crippen molar-refractivity contribution in [2.75, 3.05) is 5.73 Å². The van der Waals surface area contributed by atoms with E-state index in [2.05, 4.69) is 6.58 Å². The van der Waals surface area contributed by atoms with Crippen LogP contribution in [0.3, 0.4) is 0 Å². The van der Waals surface area contributed by atoms with Crippen molar-refractivity contribution in [1.82, 2.24) is 0 Å². The number of hydrogen-bond acceptors (Lipinski definition) is 1. The molecule has 0 aliphatic rings. The topological polar surface area (TPSA) is 26.0 Å². The lowest BCUT2D eigenvalue weighted by Gasteiger charge is -2.03. The Morgan fingerprint density at radius 2 is 2.09 bits per heavy atom. The quantitative estimate of drug-likeness (QED) is 0.504. The minimum atomic E-state index is 0.857. The number of nitrogens with two attached hydrogens (primary N) is 1. The summed E-state index contributed by atoms with van der Waals surface area (Å²) < 4.78 is 0. The third-order valence-corrected chi connectivity index (χ3v) is 1.55. The van der Waals surface area contributed by atoms with Gasteiger partial charge in [-0.05, 0) is 25.0 Å². The van der Waals surface area contributed by atoms with Crippen LogP contribution >= 0.6 is 0 Å². The molecule has 0 radical (unpaired) electrons. The van der Waals surface area contributed by atoms with Crippen molar-refractivity contribution in [3.8, 4) is 0 Å². The number of benzene rings is 1. The smallest absolute Gasteiger partial charge is 0.0349 e. The molecule has 0 spiro atoms. The molecule has 0 saturated heterocycles. The molecule has 0 aliphatic heterocycles. The molecule has 1 aromatic carbocycles. The van der Waals surface area contributed by atoms with E-state index in [0.717, 1.165) is 17.7 Å². The van der Waals surface area contributed by atoms with Gasteiger partial charge in [0.2, 0.25) is 0 Å². The van der Waals surface area contributed by atoms with Crippen LogP contribution in [0.2, 0.25) is 0 Å². The molecule has 58 valence electrons. The molecule has 0 heterocycles. The second kappa shape index (κ2) is 3.24. The van der Waals surface area contributed by atoms with Crippen LogP contribution in [0.25, 0.3) is 0 Å². The predicted molar refractivity (Wildman–Crippen MR) is 49.4 cm³/mol. The van der Waals surface area contributed by atoms with E-state index in [-0.39, 0.29) is 0 Å². The lowest BCUT2D eigenvalue weighted by molar-refractivity contribution is 1.16. The maximum absolute atomic E-state index is 5.73. The molecule has 0 saturated carbocycles. The van der Waals surface area contributed by atoms with Gasteiger partial charge in [-0.1, -0.05) is 30.4 Å². The van der Waals surface area contributed by atoms with Crippen LogP contribution in [0, 0.1) is 0 Å². The van der Waals surface area contributed by atoms with Crippen LogP contribution in [0.4, 0.5) is 5.69 Å². The van der Waals surface area contributed by atoms with E-state index in [9.17, 15) is 0 Å². The van der Waals surface area contributed by atoms with Gasteiger partial charge in [0.15, 0.2) is 0 Å². The number of allylic oxidation sites excluding steroid dienone is 1. The molecule has 1 rings (SSSR count). The van der Waals surface area contributed by atoms with Crippen LogP contribution in [-0.4, -0.2) is 0 Å². The molecule has 0 aliphatic carbocycles. The first-order valence-electron chi connectivity index (χ1n) is 3.68. The van der Waals surface area contributed by atoms with Crippen LogP contribution in [0.1, 0.15) is 12.5 Å². The van der Waals surface area contributed by atoms with E-state index < -0.39 is 0 Å². The second-order valence-corrected chi connectivity index (χ2v) is 2.83. The first kappa shape index (κ1) is 7.86. The highest BCUT2D eigenvalue weighted by Gasteiger charge is 1.95. The Morgan fingerprint density at radius 3 is 2.64 bits per heavy atom. The number of hydrogen-bond donors (Lipinski definition) is 1. The summed E-state index contributed by atoms with van der Waals surface area (Å²) >= 11 is 0. The van der Waals surface area contributed by atoms with E-state index in [0.29, 0.717) is 0 Å². The maximum Gasteiger partial charge on any atom is 0.0349 e. The van der Waals surface area contributed by atoms with Crippen molar-refractivity contribution in [3.05, 3.63) is 42.0 Å². The molecule has 0 bridgehead atoms. The molecule has 1 aromatic rings. The Kier molecular flexibility index (Phi) is 2.32. The zero-order valence-corrected chi connectivity index (χ0v) is 6.80. The first-order valence-corrected chi connectivity index (χ1v) is 3.68. The zero-order valence-electron chi connectivity index (χ0n) is 6.80. The van der Waals surface area contributed by atoms with Gasteiger partial charge in [-0.25, -0.2) is 0 Å². The Labute approximate surface area is 67.5 Å². The number of nitrogen functional groups attached to an aromatic ring is 1. The number of anilines is 1. The molecule has 11 heavy (non-hydrogen) atoms. The van der Waals surface area contributed by atoms with Gasteiger partial charge in [0.05, 0.1) is 0 Å². The molecule has 1 heteroatoms. The van der Waals surface area contributed by atoms with Gasteiger partial charge in [-0.3, -0.25) is 0 Å². The fourth-order valence-electron chi connectivity index (χ4n) is 1.02. The van der Waals surface area contributed by atoms with E-state index >= 15 is 0 Å². The normalized spacial score (nSPS) is 9.55. The molecule has 1 nitrogen and oxygen atoms in total. The summed E-state index contributed by atoms with van der Waals surface area (Å²) in [6.07, 6.45) is 0.882. The number of rotatable bonds is 2. The molecule has 2 N–H and O–H groups in total. The Bertz CT molecular complexity index is 263. The highest BCUT2D eigenvalue weighted by molar-refractivity contribution is 5.47. The van der Waals surface area contributed by atoms with E-state index in [4.69, 9.17) is 5.73 Å². The van der Waals surface area contributed by atoms with Crippen molar-refractivity contribution < 1.29 is 0 Å². The third kappa shape index (κ3) is 2.11. The summed E-state index contributed by atoms with van der Waals surface area (Å²) in [5, 5.41) is 0. The Morgan fingerprint density at radius 1 is 1.45 bits per heavy atom. The summed E-state index contributed by atoms with van der Waals surface area (Å²) in [4.78, 5) is 0. The van der Waals surface area contributed by atoms with Gasteiger partial charge < -0.3 is 5.73 Å². The monoisotopic (exact) mass is 147 g/mol. The first-order chi connectivity index (χ1) is 5.20. The summed E-state index contributed by atoms with van der Waals surface area (Å²) in [6, 6.07) is 7.88. The van der Waals surface area contributed by atoms with Crippen LogP contribution in [0.15, 0.2) is 36.4 Å². The predicted octanol–water partition coefficient (Wildman–Crippen LogP) is 2.39. The SMILES string of the molecule is C=C(C)Cc1ccccc1N. The fraction of sp³-hybridized carbons (Fsp3) is 0.200. The van der Waals surface area contributed by atoms with Crippen molar-refractivity contribution in [3.63, 3.8) is 0 Å². The summed E-state index contributed by atoms with van der Waals surface area (Å²) in [6.45, 7) is 5.84. The van der Waals surface area contributed by atoms with Gasteiger partial charge in [-0.2, -0.15) is 0 Å². The van der Waals surface area contributed by atoms with Gasteiger partial charge in [0.1, 0.15) is 0 Å². The molecule has 0 unspecified atom stereocenters. The van der Waals surface area contributed by atoms with Crippen LogP contribution in [0.5, 0.6) is 0 Å². The Balaban J connectivity index is 2.86. The lowest BCUT2D eigenvalue weighted by Crippen LogP contribution is -1.93. The summed E-state index contributed by atoms with van der Waals surface area (Å²) in [7, 11) is 0. The van der Waals surface area contributed by atoms with Crippen molar-refractivity contribution in [1.29, 1.82) is 0 Å². The highest BCUT2D eigenvalue weighted by Crippen LogP contribution is 2.13. The van der Waals surface area contributed by atoms with E-state index in [1.807, 2.05) is 31.2 Å².